The molecule has 0 aliphatic carbocycles. The molecule has 0 bridgehead atoms. The first kappa shape index (κ1) is 38.8. The Bertz CT molecular complexity index is 4610. The van der Waals surface area contributed by atoms with Gasteiger partial charge in [-0.1, -0.05) is 121 Å². The van der Waals surface area contributed by atoms with Crippen molar-refractivity contribution in [3.8, 4) is 39.3 Å². The van der Waals surface area contributed by atoms with Gasteiger partial charge in [0.15, 0.2) is 0 Å². The standard InChI is InChI=1S/C66H39N3OS/c1-2-12-40(13-3-1)41-22-30-63-53(34-41)54-35-42(23-31-64(54)70-63)43-24-32-65-55(36-43)56-39-46(27-33-66(56)71-65)69-61-28-25-44(67-57-18-8-4-14-47(57)48-15-5-9-19-58(48)67)37-51(61)52-38-45(26-29-62(52)69)68-59-20-10-6-16-49(59)50-17-7-11-21-60(50)68/h1-39H. The lowest BCUT2D eigenvalue weighted by molar-refractivity contribution is 0.669. The molecule has 0 aliphatic rings. The topological polar surface area (TPSA) is 27.9 Å². The van der Waals surface area contributed by atoms with Gasteiger partial charge in [0.25, 0.3) is 0 Å². The van der Waals surface area contributed by atoms with Crippen LogP contribution in [0.25, 0.3) is 147 Å². The molecule has 16 aromatic rings. The molecule has 5 heterocycles. The minimum atomic E-state index is 0.899. The Labute approximate surface area is 410 Å². The van der Waals surface area contributed by atoms with Gasteiger partial charge in [0.1, 0.15) is 11.2 Å². The van der Waals surface area contributed by atoms with Crippen molar-refractivity contribution >= 4 is 119 Å². The summed E-state index contributed by atoms with van der Waals surface area (Å²) in [6.07, 6.45) is 0. The van der Waals surface area contributed by atoms with E-state index in [9.17, 15) is 0 Å². The van der Waals surface area contributed by atoms with Crippen LogP contribution in [0.2, 0.25) is 0 Å². The Hall–Kier alpha value is -9.16. The van der Waals surface area contributed by atoms with E-state index in [4.69, 9.17) is 4.42 Å². The van der Waals surface area contributed by atoms with Crippen LogP contribution in [0.4, 0.5) is 0 Å². The van der Waals surface area contributed by atoms with Gasteiger partial charge in [0, 0.05) is 80.3 Å². The van der Waals surface area contributed by atoms with Crippen molar-refractivity contribution in [2.24, 2.45) is 0 Å². The van der Waals surface area contributed by atoms with Gasteiger partial charge >= 0.3 is 0 Å². The zero-order valence-electron chi connectivity index (χ0n) is 38.2. The second-order valence-electron chi connectivity index (χ2n) is 18.9. The van der Waals surface area contributed by atoms with Gasteiger partial charge in [-0.15, -0.1) is 11.3 Å². The molecule has 5 heteroatoms. The largest absolute Gasteiger partial charge is 0.456 e. The van der Waals surface area contributed by atoms with E-state index in [1.165, 1.54) is 108 Å². The number of hydrogen-bond donors (Lipinski definition) is 0. The predicted octanol–water partition coefficient (Wildman–Crippen LogP) is 18.6. The molecule has 330 valence electrons. The summed E-state index contributed by atoms with van der Waals surface area (Å²) in [6, 6.07) is 86.9. The number of benzene rings is 11. The summed E-state index contributed by atoms with van der Waals surface area (Å²) in [5.41, 5.74) is 17.1. The Kier molecular flexibility index (Phi) is 8.01. The SMILES string of the molecule is c1ccc(-c2ccc3oc4ccc(-c5ccc6sc7ccc(-n8c9ccc(-n%10c%11ccccc%11c%11ccccc%11%10)cc9c9cc(-n%10c%11ccccc%11c%11ccccc%11%10)ccc98)cc7c6c5)cc4c3c2)cc1. The first-order chi connectivity index (χ1) is 35.2. The Balaban J connectivity index is 0.893. The average molecular weight is 922 g/mol. The van der Waals surface area contributed by atoms with Crippen molar-refractivity contribution in [1.82, 2.24) is 13.7 Å². The molecule has 0 N–H and O–H groups in total. The summed E-state index contributed by atoms with van der Waals surface area (Å²) < 4.78 is 16.3. The van der Waals surface area contributed by atoms with Crippen molar-refractivity contribution in [1.29, 1.82) is 0 Å². The molecule has 0 spiro atoms. The normalized spacial score (nSPS) is 12.2. The third kappa shape index (κ3) is 5.66. The van der Waals surface area contributed by atoms with Crippen molar-refractivity contribution in [3.63, 3.8) is 0 Å². The highest BCUT2D eigenvalue weighted by Crippen LogP contribution is 2.43. The van der Waals surface area contributed by atoms with Crippen molar-refractivity contribution in [2.75, 3.05) is 0 Å². The Morgan fingerprint density at radius 3 is 1.08 bits per heavy atom. The van der Waals surface area contributed by atoms with Gasteiger partial charge in [-0.25, -0.2) is 0 Å². The van der Waals surface area contributed by atoms with Crippen LogP contribution in [0.1, 0.15) is 0 Å². The minimum Gasteiger partial charge on any atom is -0.456 e. The summed E-state index contributed by atoms with van der Waals surface area (Å²) >= 11 is 1.86. The first-order valence-corrected chi connectivity index (χ1v) is 25.0. The van der Waals surface area contributed by atoms with Gasteiger partial charge in [0.2, 0.25) is 0 Å². The number of nitrogens with zero attached hydrogens (tertiary/aromatic N) is 3. The van der Waals surface area contributed by atoms with Crippen molar-refractivity contribution in [2.45, 2.75) is 0 Å². The summed E-state index contributed by atoms with van der Waals surface area (Å²) in [5, 5.41) is 12.2. The molecule has 16 rings (SSSR count). The van der Waals surface area contributed by atoms with Crippen LogP contribution in [0.5, 0.6) is 0 Å². The molecule has 0 saturated heterocycles. The van der Waals surface area contributed by atoms with E-state index < -0.39 is 0 Å². The smallest absolute Gasteiger partial charge is 0.135 e. The van der Waals surface area contributed by atoms with Crippen LogP contribution in [0.3, 0.4) is 0 Å². The summed E-state index contributed by atoms with van der Waals surface area (Å²) in [7, 11) is 0. The summed E-state index contributed by atoms with van der Waals surface area (Å²) in [5.74, 6) is 0. The lowest BCUT2D eigenvalue weighted by Gasteiger charge is -2.11. The molecule has 0 radical (unpaired) electrons. The molecule has 4 nitrogen and oxygen atoms in total. The summed E-state index contributed by atoms with van der Waals surface area (Å²) in [4.78, 5) is 0. The molecule has 0 unspecified atom stereocenters. The van der Waals surface area contributed by atoms with Crippen LogP contribution >= 0.6 is 11.3 Å². The lowest BCUT2D eigenvalue weighted by atomic mass is 9.99. The van der Waals surface area contributed by atoms with Gasteiger partial charge in [-0.2, -0.15) is 0 Å². The van der Waals surface area contributed by atoms with Gasteiger partial charge in [0.05, 0.1) is 33.1 Å². The summed E-state index contributed by atoms with van der Waals surface area (Å²) in [6.45, 7) is 0. The van der Waals surface area contributed by atoms with Crippen LogP contribution in [-0.2, 0) is 0 Å². The molecule has 11 aromatic carbocycles. The maximum Gasteiger partial charge on any atom is 0.135 e. The number of hydrogen-bond acceptors (Lipinski definition) is 2. The van der Waals surface area contributed by atoms with Gasteiger partial charge in [-0.05, 0) is 138 Å². The maximum absolute atomic E-state index is 6.37. The molecular weight excluding hydrogens is 883 g/mol. The zero-order valence-corrected chi connectivity index (χ0v) is 39.0. The monoisotopic (exact) mass is 921 g/mol. The van der Waals surface area contributed by atoms with E-state index in [-0.39, 0.29) is 0 Å². The third-order valence-electron chi connectivity index (χ3n) is 15.0. The fourth-order valence-corrected chi connectivity index (χ4v) is 12.9. The minimum absolute atomic E-state index is 0.899. The Morgan fingerprint density at radius 2 is 0.592 bits per heavy atom. The predicted molar refractivity (Wildman–Crippen MR) is 300 cm³/mol. The second kappa shape index (κ2) is 14.7. The fraction of sp³-hybridized carbons (Fsp3) is 0. The van der Waals surface area contributed by atoms with E-state index in [1.807, 2.05) is 11.3 Å². The fourth-order valence-electron chi connectivity index (χ4n) is 11.8. The van der Waals surface area contributed by atoms with Gasteiger partial charge in [-0.3, -0.25) is 0 Å². The Morgan fingerprint density at radius 1 is 0.239 bits per heavy atom. The molecule has 71 heavy (non-hydrogen) atoms. The van der Waals surface area contributed by atoms with Gasteiger partial charge < -0.3 is 18.1 Å². The van der Waals surface area contributed by atoms with E-state index in [0.29, 0.717) is 0 Å². The van der Waals surface area contributed by atoms with Crippen LogP contribution in [-0.4, -0.2) is 13.7 Å². The number of fused-ring (bicyclic) bond motifs is 15. The molecule has 0 atom stereocenters. The highest BCUT2D eigenvalue weighted by Gasteiger charge is 2.20. The maximum atomic E-state index is 6.37. The molecule has 0 fully saturated rings. The van der Waals surface area contributed by atoms with E-state index >= 15 is 0 Å². The number of furan rings is 1. The number of para-hydroxylation sites is 4. The quantitative estimate of drug-likeness (QED) is 0.169. The van der Waals surface area contributed by atoms with E-state index in [0.717, 1.165) is 39.0 Å². The number of rotatable bonds is 5. The number of thiophene rings is 1. The number of aromatic nitrogens is 3. The molecule has 0 amide bonds. The highest BCUT2D eigenvalue weighted by atomic mass is 32.1. The van der Waals surface area contributed by atoms with Crippen LogP contribution in [0, 0.1) is 0 Å². The molecule has 5 aromatic heterocycles. The highest BCUT2D eigenvalue weighted by molar-refractivity contribution is 7.25. The third-order valence-corrected chi connectivity index (χ3v) is 16.2. The van der Waals surface area contributed by atoms with Crippen molar-refractivity contribution in [3.05, 3.63) is 237 Å². The zero-order chi connectivity index (χ0) is 46.3. The van der Waals surface area contributed by atoms with Crippen LogP contribution < -0.4 is 0 Å². The van der Waals surface area contributed by atoms with Crippen molar-refractivity contribution < 1.29 is 4.42 Å². The molecule has 0 aliphatic heterocycles. The van der Waals surface area contributed by atoms with E-state index in [2.05, 4.69) is 250 Å². The lowest BCUT2D eigenvalue weighted by Crippen LogP contribution is -1.96. The van der Waals surface area contributed by atoms with E-state index in [1.54, 1.807) is 0 Å². The second-order valence-corrected chi connectivity index (χ2v) is 19.9. The molecular formula is C66H39N3OS. The van der Waals surface area contributed by atoms with Crippen LogP contribution in [0.15, 0.2) is 241 Å². The first-order valence-electron chi connectivity index (χ1n) is 24.2. The molecule has 0 saturated carbocycles. The average Bonchev–Trinajstić information content (AvgIpc) is 4.24.